The van der Waals surface area contributed by atoms with E-state index in [0.29, 0.717) is 25.9 Å². The molecule has 0 saturated heterocycles. The van der Waals surface area contributed by atoms with Crippen molar-refractivity contribution in [2.75, 3.05) is 6.54 Å². The molecule has 8 heteroatoms. The molecule has 0 amide bonds. The minimum Gasteiger partial charge on any atom is -0.480 e. The van der Waals surface area contributed by atoms with Crippen molar-refractivity contribution < 1.29 is 9.90 Å². The smallest absolute Gasteiger partial charge is 0.320 e. The van der Waals surface area contributed by atoms with E-state index >= 15 is 0 Å². The highest BCUT2D eigenvalue weighted by Crippen LogP contribution is 2.09. The zero-order valence-corrected chi connectivity index (χ0v) is 13.6. The number of hydrogen-bond acceptors (Lipinski definition) is 5. The van der Waals surface area contributed by atoms with Gasteiger partial charge in [-0.25, -0.2) is 9.97 Å². The van der Waals surface area contributed by atoms with E-state index in [2.05, 4.69) is 14.9 Å². The van der Waals surface area contributed by atoms with Crippen LogP contribution < -0.4 is 5.73 Å². The molecule has 0 fully saturated rings. The second-order valence-electron chi connectivity index (χ2n) is 5.71. The molecule has 0 aliphatic heterocycles. The zero-order valence-electron chi connectivity index (χ0n) is 13.6. The third-order valence-corrected chi connectivity index (χ3v) is 3.88. The van der Waals surface area contributed by atoms with E-state index in [4.69, 9.17) is 10.8 Å². The Balaban J connectivity index is 1.97. The summed E-state index contributed by atoms with van der Waals surface area (Å²) in [4.78, 5) is 21.7. The van der Waals surface area contributed by atoms with Gasteiger partial charge in [0, 0.05) is 38.9 Å². The number of nitrogens with zero attached hydrogens (tertiary/aromatic N) is 5. The fourth-order valence-corrected chi connectivity index (χ4v) is 2.37. The van der Waals surface area contributed by atoms with Gasteiger partial charge in [0.2, 0.25) is 0 Å². The number of hydrogen-bond donors (Lipinski definition) is 2. The van der Waals surface area contributed by atoms with Crippen molar-refractivity contribution in [3.63, 3.8) is 0 Å². The molecule has 0 aliphatic rings. The fourth-order valence-electron chi connectivity index (χ4n) is 2.37. The summed E-state index contributed by atoms with van der Waals surface area (Å²) in [5.41, 5.74) is 5.57. The van der Waals surface area contributed by atoms with Crippen LogP contribution in [-0.2, 0) is 32.0 Å². The van der Waals surface area contributed by atoms with Crippen LogP contribution in [0, 0.1) is 0 Å². The number of carboxylic acids is 1. The average Bonchev–Trinajstić information content (AvgIpc) is 3.08. The van der Waals surface area contributed by atoms with Crippen LogP contribution in [0.2, 0.25) is 0 Å². The molecular weight excluding hydrogens is 296 g/mol. The van der Waals surface area contributed by atoms with Gasteiger partial charge in [0.25, 0.3) is 0 Å². The number of carbonyl (C=O) groups is 1. The number of carboxylic acid groups (broad SMARTS) is 1. The van der Waals surface area contributed by atoms with E-state index in [-0.39, 0.29) is 0 Å². The first-order valence-electron chi connectivity index (χ1n) is 7.60. The van der Waals surface area contributed by atoms with Gasteiger partial charge in [0.1, 0.15) is 17.7 Å². The summed E-state index contributed by atoms with van der Waals surface area (Å²) >= 11 is 0. The van der Waals surface area contributed by atoms with Gasteiger partial charge in [-0.3, -0.25) is 9.69 Å². The first kappa shape index (κ1) is 17.2. The molecule has 0 aliphatic carbocycles. The molecule has 2 aromatic rings. The minimum absolute atomic E-state index is 0.451. The summed E-state index contributed by atoms with van der Waals surface area (Å²) in [6.07, 6.45) is 8.53. The van der Waals surface area contributed by atoms with E-state index in [1.807, 2.05) is 35.6 Å². The standard InChI is InChI=1S/C15H24N6O2/c1-19-8-5-17-13(19)10-21(7-3-4-12(16)15(22)23)11-14-18-6-9-20(14)2/h5-6,8-9,12H,3-4,7,10-11,16H2,1-2H3,(H,22,23)/t12-/m0/s1. The van der Waals surface area contributed by atoms with Crippen LogP contribution in [0.25, 0.3) is 0 Å². The highest BCUT2D eigenvalue weighted by atomic mass is 16.4. The molecule has 1 atom stereocenters. The quantitative estimate of drug-likeness (QED) is 0.691. The number of aliphatic carboxylic acids is 1. The molecule has 8 nitrogen and oxygen atoms in total. The van der Waals surface area contributed by atoms with E-state index in [0.717, 1.165) is 18.2 Å². The summed E-state index contributed by atoms with van der Waals surface area (Å²) in [6, 6.07) is -0.807. The molecule has 0 spiro atoms. The fraction of sp³-hybridized carbons (Fsp3) is 0.533. The lowest BCUT2D eigenvalue weighted by atomic mass is 10.1. The van der Waals surface area contributed by atoms with Crippen LogP contribution in [0.1, 0.15) is 24.5 Å². The number of rotatable bonds is 9. The van der Waals surface area contributed by atoms with Crippen molar-refractivity contribution in [3.05, 3.63) is 36.4 Å². The van der Waals surface area contributed by atoms with E-state index < -0.39 is 12.0 Å². The third-order valence-electron chi connectivity index (χ3n) is 3.88. The largest absolute Gasteiger partial charge is 0.480 e. The summed E-state index contributed by atoms with van der Waals surface area (Å²) in [7, 11) is 3.92. The van der Waals surface area contributed by atoms with Crippen LogP contribution >= 0.6 is 0 Å². The molecule has 2 rings (SSSR count). The van der Waals surface area contributed by atoms with Crippen molar-refractivity contribution in [3.8, 4) is 0 Å². The van der Waals surface area contributed by atoms with E-state index in [1.165, 1.54) is 0 Å². The average molecular weight is 320 g/mol. The molecule has 3 N–H and O–H groups in total. The Kier molecular flexibility index (Phi) is 5.89. The zero-order chi connectivity index (χ0) is 16.8. The molecule has 0 saturated carbocycles. The number of aromatic nitrogens is 4. The van der Waals surface area contributed by atoms with Crippen LogP contribution in [0.15, 0.2) is 24.8 Å². The van der Waals surface area contributed by atoms with E-state index in [1.54, 1.807) is 12.4 Å². The molecule has 0 bridgehead atoms. The molecular formula is C15H24N6O2. The highest BCUT2D eigenvalue weighted by molar-refractivity contribution is 5.72. The molecule has 2 aromatic heterocycles. The Morgan fingerprint density at radius 3 is 2.13 bits per heavy atom. The van der Waals surface area contributed by atoms with Crippen LogP contribution in [0.4, 0.5) is 0 Å². The Morgan fingerprint density at radius 1 is 1.22 bits per heavy atom. The van der Waals surface area contributed by atoms with Gasteiger partial charge < -0.3 is 20.0 Å². The van der Waals surface area contributed by atoms with Crippen LogP contribution in [0.3, 0.4) is 0 Å². The maximum atomic E-state index is 10.8. The predicted octanol–water partition coefficient (Wildman–Crippen LogP) is 0.348. The molecule has 0 unspecified atom stereocenters. The van der Waals surface area contributed by atoms with Crippen molar-refractivity contribution >= 4 is 5.97 Å². The Bertz CT molecular complexity index is 593. The third kappa shape index (κ3) is 4.90. The lowest BCUT2D eigenvalue weighted by Gasteiger charge is -2.22. The lowest BCUT2D eigenvalue weighted by Crippen LogP contribution is -2.32. The highest BCUT2D eigenvalue weighted by Gasteiger charge is 2.15. The summed E-state index contributed by atoms with van der Waals surface area (Å²) < 4.78 is 3.96. The second-order valence-corrected chi connectivity index (χ2v) is 5.71. The molecule has 0 aromatic carbocycles. The predicted molar refractivity (Wildman–Crippen MR) is 85.4 cm³/mol. The number of nitrogens with two attached hydrogens (primary N) is 1. The normalized spacial score (nSPS) is 12.7. The summed E-state index contributed by atoms with van der Waals surface area (Å²) in [5.74, 6) is 0.966. The molecule has 126 valence electrons. The van der Waals surface area contributed by atoms with Crippen molar-refractivity contribution in [1.82, 2.24) is 24.0 Å². The van der Waals surface area contributed by atoms with Crippen molar-refractivity contribution in [1.29, 1.82) is 0 Å². The monoisotopic (exact) mass is 320 g/mol. The van der Waals surface area contributed by atoms with Gasteiger partial charge in [-0.15, -0.1) is 0 Å². The molecule has 2 heterocycles. The lowest BCUT2D eigenvalue weighted by molar-refractivity contribution is -0.138. The van der Waals surface area contributed by atoms with Crippen LogP contribution in [-0.4, -0.2) is 47.7 Å². The van der Waals surface area contributed by atoms with Gasteiger partial charge in [-0.1, -0.05) is 0 Å². The van der Waals surface area contributed by atoms with Gasteiger partial charge in [-0.05, 0) is 19.4 Å². The van der Waals surface area contributed by atoms with Gasteiger partial charge in [0.05, 0.1) is 13.1 Å². The second kappa shape index (κ2) is 7.89. The Labute approximate surface area is 135 Å². The van der Waals surface area contributed by atoms with Crippen LogP contribution in [0.5, 0.6) is 0 Å². The number of aryl methyl sites for hydroxylation is 2. The Hall–Kier alpha value is -2.19. The summed E-state index contributed by atoms with van der Waals surface area (Å²) in [5, 5.41) is 8.87. The molecule has 23 heavy (non-hydrogen) atoms. The van der Waals surface area contributed by atoms with Crippen molar-refractivity contribution in [2.24, 2.45) is 19.8 Å². The van der Waals surface area contributed by atoms with Gasteiger partial charge in [0.15, 0.2) is 0 Å². The minimum atomic E-state index is -0.954. The maximum absolute atomic E-state index is 10.8. The maximum Gasteiger partial charge on any atom is 0.320 e. The first-order valence-corrected chi connectivity index (χ1v) is 7.60. The van der Waals surface area contributed by atoms with Gasteiger partial charge >= 0.3 is 5.97 Å². The topological polar surface area (TPSA) is 102 Å². The van der Waals surface area contributed by atoms with E-state index in [9.17, 15) is 4.79 Å². The van der Waals surface area contributed by atoms with Crippen molar-refractivity contribution in [2.45, 2.75) is 32.0 Å². The molecule has 0 radical (unpaired) electrons. The summed E-state index contributed by atoms with van der Waals surface area (Å²) in [6.45, 7) is 2.10. The SMILES string of the molecule is Cn1ccnc1CN(CCC[C@H](N)C(=O)O)Cc1nccn1C. The Morgan fingerprint density at radius 2 is 1.74 bits per heavy atom. The first-order chi connectivity index (χ1) is 11.0. The van der Waals surface area contributed by atoms with Gasteiger partial charge in [-0.2, -0.15) is 0 Å². The number of imidazole rings is 2.